The van der Waals surface area contributed by atoms with Gasteiger partial charge in [-0.05, 0) is 18.2 Å². The van der Waals surface area contributed by atoms with Crippen LogP contribution in [0.5, 0.6) is 5.75 Å². The summed E-state index contributed by atoms with van der Waals surface area (Å²) in [6, 6.07) is 4.91. The highest BCUT2D eigenvalue weighted by Gasteiger charge is 2.28. The van der Waals surface area contributed by atoms with E-state index in [-0.39, 0.29) is 30.7 Å². The van der Waals surface area contributed by atoms with Crippen molar-refractivity contribution in [1.29, 1.82) is 0 Å². The van der Waals surface area contributed by atoms with E-state index in [1.54, 1.807) is 31.2 Å². The van der Waals surface area contributed by atoms with Crippen LogP contribution >= 0.6 is 0 Å². The van der Waals surface area contributed by atoms with Gasteiger partial charge in [0.1, 0.15) is 12.3 Å². The number of anilines is 1. The van der Waals surface area contributed by atoms with Gasteiger partial charge in [0.25, 0.3) is 5.91 Å². The molecular formula is C16H18N2O4. The van der Waals surface area contributed by atoms with E-state index in [4.69, 9.17) is 4.74 Å². The SMILES string of the molecule is C=CCNC(=O)CN1C(=O)COc2ccc(C(=O)CC)cc21. The summed E-state index contributed by atoms with van der Waals surface area (Å²) in [7, 11) is 0. The van der Waals surface area contributed by atoms with Crippen LogP contribution in [0.25, 0.3) is 0 Å². The summed E-state index contributed by atoms with van der Waals surface area (Å²) < 4.78 is 5.35. The van der Waals surface area contributed by atoms with Crippen LogP contribution in [0.2, 0.25) is 0 Å². The summed E-state index contributed by atoms with van der Waals surface area (Å²) in [5.41, 5.74) is 0.945. The maximum absolute atomic E-state index is 12.0. The van der Waals surface area contributed by atoms with E-state index in [9.17, 15) is 14.4 Å². The predicted molar refractivity (Wildman–Crippen MR) is 82.1 cm³/mol. The van der Waals surface area contributed by atoms with Crippen molar-refractivity contribution in [1.82, 2.24) is 5.32 Å². The lowest BCUT2D eigenvalue weighted by atomic mass is 10.1. The van der Waals surface area contributed by atoms with Crippen molar-refractivity contribution in [3.05, 3.63) is 36.4 Å². The number of rotatable bonds is 6. The van der Waals surface area contributed by atoms with Gasteiger partial charge in [-0.15, -0.1) is 6.58 Å². The Labute approximate surface area is 128 Å². The average Bonchev–Trinajstić information content (AvgIpc) is 2.54. The Kier molecular flexibility index (Phi) is 4.93. The lowest BCUT2D eigenvalue weighted by Crippen LogP contribution is -2.45. The van der Waals surface area contributed by atoms with Gasteiger partial charge in [0.2, 0.25) is 5.91 Å². The topological polar surface area (TPSA) is 75.7 Å². The molecule has 0 spiro atoms. The number of fused-ring (bicyclic) bond motifs is 1. The third-order valence-corrected chi connectivity index (χ3v) is 3.29. The fourth-order valence-corrected chi connectivity index (χ4v) is 2.14. The first kappa shape index (κ1) is 15.8. The van der Waals surface area contributed by atoms with Crippen molar-refractivity contribution < 1.29 is 19.1 Å². The Morgan fingerprint density at radius 2 is 2.23 bits per heavy atom. The zero-order valence-electron chi connectivity index (χ0n) is 12.4. The lowest BCUT2D eigenvalue weighted by molar-refractivity contribution is -0.125. The number of nitrogens with zero attached hydrogens (tertiary/aromatic N) is 1. The van der Waals surface area contributed by atoms with Crippen molar-refractivity contribution in [2.75, 3.05) is 24.6 Å². The van der Waals surface area contributed by atoms with Crippen LogP contribution in [0.4, 0.5) is 5.69 Å². The molecule has 0 saturated carbocycles. The van der Waals surface area contributed by atoms with Crippen molar-refractivity contribution in [2.24, 2.45) is 0 Å². The number of carbonyl (C=O) groups is 3. The first-order chi connectivity index (χ1) is 10.6. The fourth-order valence-electron chi connectivity index (χ4n) is 2.14. The predicted octanol–water partition coefficient (Wildman–Crippen LogP) is 1.31. The molecule has 0 atom stereocenters. The Morgan fingerprint density at radius 3 is 2.91 bits per heavy atom. The minimum Gasteiger partial charge on any atom is -0.482 e. The quantitative estimate of drug-likeness (QED) is 0.635. The molecule has 22 heavy (non-hydrogen) atoms. The smallest absolute Gasteiger partial charge is 0.265 e. The number of hydrogen-bond donors (Lipinski definition) is 1. The minimum atomic E-state index is -0.317. The number of Topliss-reactive ketones (excluding diaryl/α,β-unsaturated/α-hetero) is 1. The highest BCUT2D eigenvalue weighted by atomic mass is 16.5. The maximum atomic E-state index is 12.0. The van der Waals surface area contributed by atoms with Crippen molar-refractivity contribution in [3.63, 3.8) is 0 Å². The van der Waals surface area contributed by atoms with E-state index in [1.807, 2.05) is 0 Å². The second-order valence-electron chi connectivity index (χ2n) is 4.82. The molecule has 0 unspecified atom stereocenters. The molecule has 6 heteroatoms. The molecular weight excluding hydrogens is 284 g/mol. The average molecular weight is 302 g/mol. The zero-order valence-corrected chi connectivity index (χ0v) is 12.4. The molecule has 1 heterocycles. The van der Waals surface area contributed by atoms with Crippen molar-refractivity contribution in [3.8, 4) is 5.75 Å². The van der Waals surface area contributed by atoms with Gasteiger partial charge in [-0.1, -0.05) is 13.0 Å². The molecule has 1 aromatic carbocycles. The summed E-state index contributed by atoms with van der Waals surface area (Å²) in [5, 5.41) is 2.62. The van der Waals surface area contributed by atoms with Crippen LogP contribution in [0.15, 0.2) is 30.9 Å². The Balaban J connectivity index is 2.28. The van der Waals surface area contributed by atoms with Gasteiger partial charge in [0.05, 0.1) is 5.69 Å². The Hall–Kier alpha value is -2.63. The standard InChI is InChI=1S/C16H18N2O4/c1-3-7-17-15(20)9-18-12-8-11(13(19)4-2)5-6-14(12)22-10-16(18)21/h3,5-6,8H,1,4,7,9-10H2,2H3,(H,17,20). The third-order valence-electron chi connectivity index (χ3n) is 3.29. The number of nitrogens with one attached hydrogen (secondary N) is 1. The van der Waals surface area contributed by atoms with Gasteiger partial charge < -0.3 is 10.1 Å². The normalized spacial score (nSPS) is 13.1. The van der Waals surface area contributed by atoms with E-state index in [0.29, 0.717) is 30.0 Å². The van der Waals surface area contributed by atoms with E-state index < -0.39 is 0 Å². The molecule has 0 aliphatic carbocycles. The molecule has 0 fully saturated rings. The highest BCUT2D eigenvalue weighted by molar-refractivity contribution is 6.04. The molecule has 0 radical (unpaired) electrons. The molecule has 2 amide bonds. The summed E-state index contributed by atoms with van der Waals surface area (Å²) in [5.74, 6) is -0.156. The van der Waals surface area contributed by atoms with Crippen LogP contribution in [0.1, 0.15) is 23.7 Å². The number of benzene rings is 1. The minimum absolute atomic E-state index is 0.0307. The number of amides is 2. The van der Waals surface area contributed by atoms with E-state index in [2.05, 4.69) is 11.9 Å². The molecule has 1 aliphatic rings. The molecule has 1 aromatic rings. The molecule has 116 valence electrons. The molecule has 0 saturated heterocycles. The van der Waals surface area contributed by atoms with Crippen molar-refractivity contribution >= 4 is 23.3 Å². The van der Waals surface area contributed by atoms with Gasteiger partial charge in [0.15, 0.2) is 12.4 Å². The summed E-state index contributed by atoms with van der Waals surface area (Å²) in [6.07, 6.45) is 1.93. The second kappa shape index (κ2) is 6.89. The van der Waals surface area contributed by atoms with Gasteiger partial charge in [-0.25, -0.2) is 0 Å². The van der Waals surface area contributed by atoms with E-state index >= 15 is 0 Å². The Morgan fingerprint density at radius 1 is 1.45 bits per heavy atom. The van der Waals surface area contributed by atoms with Gasteiger partial charge in [-0.3, -0.25) is 19.3 Å². The zero-order chi connectivity index (χ0) is 16.1. The monoisotopic (exact) mass is 302 g/mol. The fraction of sp³-hybridized carbons (Fsp3) is 0.312. The van der Waals surface area contributed by atoms with Gasteiger partial charge in [0, 0.05) is 18.5 Å². The van der Waals surface area contributed by atoms with Gasteiger partial charge in [-0.2, -0.15) is 0 Å². The second-order valence-corrected chi connectivity index (χ2v) is 4.82. The van der Waals surface area contributed by atoms with Crippen molar-refractivity contribution in [2.45, 2.75) is 13.3 Å². The number of hydrogen-bond acceptors (Lipinski definition) is 4. The van der Waals surface area contributed by atoms with Crippen LogP contribution in [0.3, 0.4) is 0 Å². The van der Waals surface area contributed by atoms with Crippen LogP contribution in [-0.2, 0) is 9.59 Å². The molecule has 0 aromatic heterocycles. The summed E-state index contributed by atoms with van der Waals surface area (Å²) >= 11 is 0. The third kappa shape index (κ3) is 3.33. The summed E-state index contributed by atoms with van der Waals surface area (Å²) in [4.78, 5) is 37.0. The first-order valence-corrected chi connectivity index (χ1v) is 7.04. The molecule has 1 N–H and O–H groups in total. The summed E-state index contributed by atoms with van der Waals surface area (Å²) in [6.45, 7) is 5.38. The first-order valence-electron chi connectivity index (χ1n) is 7.04. The number of ether oxygens (including phenoxy) is 1. The molecule has 0 bridgehead atoms. The van der Waals surface area contributed by atoms with Crippen LogP contribution < -0.4 is 15.0 Å². The van der Waals surface area contributed by atoms with Crippen LogP contribution in [0, 0.1) is 0 Å². The maximum Gasteiger partial charge on any atom is 0.265 e. The largest absolute Gasteiger partial charge is 0.482 e. The molecule has 6 nitrogen and oxygen atoms in total. The lowest BCUT2D eigenvalue weighted by Gasteiger charge is -2.29. The van der Waals surface area contributed by atoms with Crippen LogP contribution in [-0.4, -0.2) is 37.3 Å². The highest BCUT2D eigenvalue weighted by Crippen LogP contribution is 2.33. The number of carbonyl (C=O) groups excluding carboxylic acids is 3. The Bertz CT molecular complexity index is 625. The number of ketones is 1. The van der Waals surface area contributed by atoms with E-state index in [0.717, 1.165) is 0 Å². The van der Waals surface area contributed by atoms with E-state index in [1.165, 1.54) is 4.90 Å². The van der Waals surface area contributed by atoms with Gasteiger partial charge >= 0.3 is 0 Å². The molecule has 2 rings (SSSR count). The molecule has 1 aliphatic heterocycles.